The second-order valence-corrected chi connectivity index (χ2v) is 3.75. The van der Waals surface area contributed by atoms with E-state index in [0.717, 1.165) is 10.9 Å². The monoisotopic (exact) mass is 231 g/mol. The second kappa shape index (κ2) is 4.41. The van der Waals surface area contributed by atoms with Crippen molar-refractivity contribution < 1.29 is 14.3 Å². The lowest BCUT2D eigenvalue weighted by Crippen LogP contribution is -2.17. The van der Waals surface area contributed by atoms with Crippen LogP contribution < -0.4 is 0 Å². The summed E-state index contributed by atoms with van der Waals surface area (Å²) in [6.45, 7) is 1.88. The number of carbonyl (C=O) groups is 2. The van der Waals surface area contributed by atoms with Gasteiger partial charge in [-0.1, -0.05) is 12.1 Å². The number of hydrogen-bond donors (Lipinski definition) is 0. The minimum atomic E-state index is -0.805. The third kappa shape index (κ3) is 2.06. The summed E-state index contributed by atoms with van der Waals surface area (Å²) in [6, 6.07) is 7.12. The molecule has 0 atom stereocenters. The zero-order valence-corrected chi connectivity index (χ0v) is 9.77. The fourth-order valence-electron chi connectivity index (χ4n) is 1.72. The molecule has 0 radical (unpaired) electrons. The summed E-state index contributed by atoms with van der Waals surface area (Å²) >= 11 is 0. The maximum atomic E-state index is 11.7. The van der Waals surface area contributed by atoms with Crippen LogP contribution in [0.2, 0.25) is 0 Å². The van der Waals surface area contributed by atoms with E-state index in [2.05, 4.69) is 4.74 Å². The maximum absolute atomic E-state index is 11.7. The summed E-state index contributed by atoms with van der Waals surface area (Å²) in [6.07, 6.45) is 1.91. The minimum Gasteiger partial charge on any atom is -0.460 e. The summed E-state index contributed by atoms with van der Waals surface area (Å²) in [4.78, 5) is 23.1. The molecule has 0 spiro atoms. The summed E-state index contributed by atoms with van der Waals surface area (Å²) in [7, 11) is 1.89. The van der Waals surface area contributed by atoms with Gasteiger partial charge >= 0.3 is 5.97 Å². The van der Waals surface area contributed by atoms with Crippen molar-refractivity contribution in [1.82, 2.24) is 4.57 Å². The van der Waals surface area contributed by atoms with Gasteiger partial charge in [-0.3, -0.25) is 4.79 Å². The van der Waals surface area contributed by atoms with E-state index in [4.69, 9.17) is 0 Å². The first kappa shape index (κ1) is 11.4. The van der Waals surface area contributed by atoms with Gasteiger partial charge in [-0.25, -0.2) is 4.79 Å². The van der Waals surface area contributed by atoms with Crippen LogP contribution in [0.15, 0.2) is 30.5 Å². The molecule has 4 heteroatoms. The highest BCUT2D eigenvalue weighted by atomic mass is 16.5. The Morgan fingerprint density at radius 1 is 1.29 bits per heavy atom. The molecule has 1 heterocycles. The van der Waals surface area contributed by atoms with Crippen LogP contribution in [-0.4, -0.2) is 22.9 Å². The second-order valence-electron chi connectivity index (χ2n) is 3.75. The van der Waals surface area contributed by atoms with Crippen LogP contribution in [0.1, 0.15) is 17.3 Å². The maximum Gasteiger partial charge on any atom is 0.379 e. The fourth-order valence-corrected chi connectivity index (χ4v) is 1.72. The van der Waals surface area contributed by atoms with Crippen LogP contribution in [0.4, 0.5) is 0 Å². The van der Waals surface area contributed by atoms with Crippen LogP contribution in [0.5, 0.6) is 0 Å². The molecule has 88 valence electrons. The van der Waals surface area contributed by atoms with Crippen molar-refractivity contribution in [3.05, 3.63) is 36.0 Å². The van der Waals surface area contributed by atoms with Crippen molar-refractivity contribution in [2.75, 3.05) is 6.61 Å². The SMILES string of the molecule is CCOC(=O)C(=O)c1ccc2ccn(C)c2c1. The number of ketones is 1. The molecule has 1 aromatic heterocycles. The van der Waals surface area contributed by atoms with Gasteiger partial charge in [0.15, 0.2) is 0 Å². The highest BCUT2D eigenvalue weighted by Gasteiger charge is 2.17. The van der Waals surface area contributed by atoms with E-state index in [1.54, 1.807) is 19.1 Å². The van der Waals surface area contributed by atoms with Gasteiger partial charge in [-0.05, 0) is 24.4 Å². The fraction of sp³-hybridized carbons (Fsp3) is 0.231. The van der Waals surface area contributed by atoms with Crippen molar-refractivity contribution in [3.63, 3.8) is 0 Å². The van der Waals surface area contributed by atoms with Gasteiger partial charge < -0.3 is 9.30 Å². The Kier molecular flexibility index (Phi) is 2.95. The molecule has 2 rings (SSSR count). The largest absolute Gasteiger partial charge is 0.460 e. The van der Waals surface area contributed by atoms with Crippen LogP contribution in [0.3, 0.4) is 0 Å². The van der Waals surface area contributed by atoms with Crippen molar-refractivity contribution in [2.24, 2.45) is 7.05 Å². The van der Waals surface area contributed by atoms with Crippen molar-refractivity contribution >= 4 is 22.7 Å². The molecule has 0 aliphatic carbocycles. The van der Waals surface area contributed by atoms with Crippen LogP contribution in [-0.2, 0) is 16.6 Å². The van der Waals surface area contributed by atoms with Crippen molar-refractivity contribution in [2.45, 2.75) is 6.92 Å². The van der Waals surface area contributed by atoms with E-state index < -0.39 is 11.8 Å². The predicted octanol–water partition coefficient (Wildman–Crippen LogP) is 1.92. The summed E-state index contributed by atoms with van der Waals surface area (Å²) < 4.78 is 6.59. The number of esters is 1. The van der Waals surface area contributed by atoms with Gasteiger partial charge in [0.05, 0.1) is 6.61 Å². The predicted molar refractivity (Wildman–Crippen MR) is 63.9 cm³/mol. The molecule has 0 unspecified atom stereocenters. The van der Waals surface area contributed by atoms with Crippen LogP contribution >= 0.6 is 0 Å². The molecule has 1 aromatic carbocycles. The quantitative estimate of drug-likeness (QED) is 0.460. The summed E-state index contributed by atoms with van der Waals surface area (Å²) in [5, 5.41) is 1.04. The van der Waals surface area contributed by atoms with Gasteiger partial charge in [0.2, 0.25) is 0 Å². The van der Waals surface area contributed by atoms with Crippen molar-refractivity contribution in [1.29, 1.82) is 0 Å². The smallest absolute Gasteiger partial charge is 0.379 e. The Morgan fingerprint density at radius 3 is 2.76 bits per heavy atom. The lowest BCUT2D eigenvalue weighted by atomic mass is 10.1. The van der Waals surface area contributed by atoms with E-state index >= 15 is 0 Å². The Hall–Kier alpha value is -2.10. The topological polar surface area (TPSA) is 48.3 Å². The van der Waals surface area contributed by atoms with Crippen LogP contribution in [0.25, 0.3) is 10.9 Å². The number of ether oxygens (including phenoxy) is 1. The lowest BCUT2D eigenvalue weighted by Gasteiger charge is -2.02. The van der Waals surface area contributed by atoms with Gasteiger partial charge in [-0.2, -0.15) is 0 Å². The number of aromatic nitrogens is 1. The van der Waals surface area contributed by atoms with E-state index in [1.807, 2.05) is 29.9 Å². The van der Waals surface area contributed by atoms with E-state index in [9.17, 15) is 9.59 Å². The van der Waals surface area contributed by atoms with Crippen LogP contribution in [0, 0.1) is 0 Å². The van der Waals surface area contributed by atoms with Gasteiger partial charge in [-0.15, -0.1) is 0 Å². The van der Waals surface area contributed by atoms with Gasteiger partial charge in [0.25, 0.3) is 5.78 Å². The molecular formula is C13H13NO3. The first-order valence-corrected chi connectivity index (χ1v) is 5.40. The molecule has 0 N–H and O–H groups in total. The minimum absolute atomic E-state index is 0.205. The lowest BCUT2D eigenvalue weighted by molar-refractivity contribution is -0.137. The molecule has 0 aliphatic heterocycles. The average molecular weight is 231 g/mol. The molecule has 0 aliphatic rings. The molecule has 0 bridgehead atoms. The summed E-state index contributed by atoms with van der Waals surface area (Å²) in [5.74, 6) is -1.41. The third-order valence-electron chi connectivity index (χ3n) is 2.61. The normalized spacial score (nSPS) is 10.5. The number of benzene rings is 1. The number of rotatable bonds is 3. The molecule has 0 fully saturated rings. The molecule has 2 aromatic rings. The summed E-state index contributed by atoms with van der Waals surface area (Å²) in [5.41, 5.74) is 1.28. The molecule has 0 saturated heterocycles. The Morgan fingerprint density at radius 2 is 2.06 bits per heavy atom. The molecule has 0 saturated carbocycles. The number of nitrogens with zero attached hydrogens (tertiary/aromatic N) is 1. The Balaban J connectivity index is 2.39. The van der Waals surface area contributed by atoms with Gasteiger partial charge in [0, 0.05) is 24.3 Å². The number of fused-ring (bicyclic) bond motifs is 1. The standard InChI is InChI=1S/C13H13NO3/c1-3-17-13(16)12(15)10-5-4-9-6-7-14(2)11(9)8-10/h4-8H,3H2,1-2H3. The number of carbonyl (C=O) groups excluding carboxylic acids is 2. The van der Waals surface area contributed by atoms with Crippen molar-refractivity contribution in [3.8, 4) is 0 Å². The molecule has 0 amide bonds. The van der Waals surface area contributed by atoms with Gasteiger partial charge in [0.1, 0.15) is 0 Å². The molecular weight excluding hydrogens is 218 g/mol. The zero-order valence-electron chi connectivity index (χ0n) is 9.77. The Labute approximate surface area is 98.8 Å². The highest BCUT2D eigenvalue weighted by molar-refractivity contribution is 6.40. The van der Waals surface area contributed by atoms with E-state index in [1.165, 1.54) is 0 Å². The zero-order chi connectivity index (χ0) is 12.4. The Bertz CT molecular complexity index is 583. The van der Waals surface area contributed by atoms with E-state index in [-0.39, 0.29) is 6.61 Å². The number of hydrogen-bond acceptors (Lipinski definition) is 3. The molecule has 17 heavy (non-hydrogen) atoms. The highest BCUT2D eigenvalue weighted by Crippen LogP contribution is 2.17. The number of aryl methyl sites for hydroxylation is 1. The van der Waals surface area contributed by atoms with E-state index in [0.29, 0.717) is 5.56 Å². The number of Topliss-reactive ketones (excluding diaryl/α,β-unsaturated/α-hetero) is 1. The first-order valence-electron chi connectivity index (χ1n) is 5.40. The first-order chi connectivity index (χ1) is 8.13. The molecule has 4 nitrogen and oxygen atoms in total. The average Bonchev–Trinajstić information content (AvgIpc) is 2.70. The third-order valence-corrected chi connectivity index (χ3v) is 2.61.